The summed E-state index contributed by atoms with van der Waals surface area (Å²) >= 11 is 0. The van der Waals surface area contributed by atoms with Crippen LogP contribution in [0.1, 0.15) is 43.2 Å². The molecule has 0 aromatic heterocycles. The third-order valence-corrected chi connectivity index (χ3v) is 7.18. The van der Waals surface area contributed by atoms with E-state index in [4.69, 9.17) is 14.9 Å². The van der Waals surface area contributed by atoms with Crippen LogP contribution in [0.3, 0.4) is 0 Å². The van der Waals surface area contributed by atoms with Gasteiger partial charge in [0.1, 0.15) is 0 Å². The molecule has 5 rings (SSSR count). The van der Waals surface area contributed by atoms with Crippen molar-refractivity contribution in [2.75, 3.05) is 20.1 Å². The van der Waals surface area contributed by atoms with E-state index >= 15 is 0 Å². The zero-order valence-electron chi connectivity index (χ0n) is 18.9. The van der Waals surface area contributed by atoms with Crippen molar-refractivity contribution in [3.63, 3.8) is 0 Å². The Morgan fingerprint density at radius 1 is 1.21 bits per heavy atom. The number of carboxylic acid groups (broad SMARTS) is 2. The van der Waals surface area contributed by atoms with Crippen LogP contribution >= 0.6 is 0 Å². The molecule has 34 heavy (non-hydrogen) atoms. The second-order valence-corrected chi connectivity index (χ2v) is 9.54. The summed E-state index contributed by atoms with van der Waals surface area (Å²) in [7, 11) is 2.11. The Morgan fingerprint density at radius 3 is 2.50 bits per heavy atom. The van der Waals surface area contributed by atoms with Gasteiger partial charge >= 0.3 is 11.9 Å². The Labute approximate surface area is 197 Å². The maximum atomic E-state index is 12.8. The van der Waals surface area contributed by atoms with Crippen molar-refractivity contribution in [3.05, 3.63) is 41.5 Å². The van der Waals surface area contributed by atoms with E-state index in [-0.39, 0.29) is 11.5 Å². The zero-order chi connectivity index (χ0) is 24.7. The van der Waals surface area contributed by atoms with Gasteiger partial charge in [-0.2, -0.15) is 0 Å². The van der Waals surface area contributed by atoms with Gasteiger partial charge in [-0.05, 0) is 56.8 Å². The number of aromatic hydroxyl groups is 1. The number of rotatable bonds is 7. The second-order valence-electron chi connectivity index (χ2n) is 9.54. The van der Waals surface area contributed by atoms with Crippen LogP contribution in [0.15, 0.2) is 30.4 Å². The van der Waals surface area contributed by atoms with Gasteiger partial charge in [-0.25, -0.2) is 9.59 Å². The number of ketones is 1. The normalized spacial score (nSPS) is 28.3. The molecule has 1 heterocycles. The van der Waals surface area contributed by atoms with Gasteiger partial charge in [-0.15, -0.1) is 0 Å². The molecule has 3 atom stereocenters. The number of ether oxygens (including phenoxy) is 1. The highest BCUT2D eigenvalue weighted by Gasteiger charge is 2.66. The number of phenolic OH excluding ortho intramolecular Hbond substituents is 1. The van der Waals surface area contributed by atoms with Gasteiger partial charge in [0, 0.05) is 30.7 Å². The van der Waals surface area contributed by atoms with E-state index in [0.29, 0.717) is 37.2 Å². The highest BCUT2D eigenvalue weighted by Crippen LogP contribution is 2.61. The number of aliphatic carboxylic acids is 2. The second kappa shape index (κ2) is 8.88. The molecule has 182 valence electrons. The van der Waals surface area contributed by atoms with E-state index in [9.17, 15) is 24.6 Å². The quantitative estimate of drug-likeness (QED) is 0.439. The third kappa shape index (κ3) is 4.21. The number of nitrogens with zero attached hydrogens (tertiary/aromatic N) is 1. The van der Waals surface area contributed by atoms with Crippen LogP contribution in [0.5, 0.6) is 11.5 Å². The van der Waals surface area contributed by atoms with Crippen molar-refractivity contribution in [1.82, 2.24) is 4.90 Å². The minimum absolute atomic E-state index is 0.0244. The Morgan fingerprint density at radius 2 is 1.88 bits per heavy atom. The van der Waals surface area contributed by atoms with Crippen LogP contribution in [0.25, 0.3) is 6.08 Å². The lowest BCUT2D eigenvalue weighted by Gasteiger charge is -2.51. The maximum Gasteiger partial charge on any atom is 0.328 e. The minimum Gasteiger partial charge on any atom is -0.504 e. The zero-order valence-corrected chi connectivity index (χ0v) is 18.9. The van der Waals surface area contributed by atoms with Crippen molar-refractivity contribution in [2.24, 2.45) is 5.92 Å². The molecule has 0 saturated heterocycles. The maximum absolute atomic E-state index is 12.8. The molecule has 2 fully saturated rings. The summed E-state index contributed by atoms with van der Waals surface area (Å²) in [4.78, 5) is 34.2. The number of phenols is 1. The van der Waals surface area contributed by atoms with Crippen LogP contribution in [-0.4, -0.2) is 74.9 Å². The van der Waals surface area contributed by atoms with Crippen LogP contribution in [0, 0.1) is 5.92 Å². The standard InChI is InChI=1S/C21H25NO4.C4H4O4/c1-22(12-13-2-3-13)11-10-21-17-14-4-5-15(23)18(17)26-19(21)16(24)7-9-20(21,25)8-6-14;5-3(6)1-2-4(7)8/h4-6,8,13,19,23,25H,2-3,7,9-12H2,1H3;1-2H,(H,5,6)(H,7,8)/b;2-1+/t19-,20-,21-;/m0./s1. The smallest absolute Gasteiger partial charge is 0.328 e. The molecule has 2 saturated carbocycles. The predicted octanol–water partition coefficient (Wildman–Crippen LogP) is 1.96. The lowest BCUT2D eigenvalue weighted by atomic mass is 9.54. The van der Waals surface area contributed by atoms with Gasteiger partial charge in [0.25, 0.3) is 0 Å². The Hall–Kier alpha value is -3.17. The summed E-state index contributed by atoms with van der Waals surface area (Å²) in [6.07, 6.45) is 8.10. The van der Waals surface area contributed by atoms with Crippen molar-refractivity contribution < 1.29 is 39.5 Å². The number of carbonyl (C=O) groups excluding carboxylic acids is 1. The fourth-order valence-electron chi connectivity index (χ4n) is 5.38. The van der Waals surface area contributed by atoms with E-state index < -0.39 is 29.1 Å². The summed E-state index contributed by atoms with van der Waals surface area (Å²) in [5.41, 5.74) is -0.166. The molecular weight excluding hydrogens is 442 g/mol. The molecule has 9 heteroatoms. The van der Waals surface area contributed by atoms with Crippen molar-refractivity contribution in [1.29, 1.82) is 0 Å². The highest BCUT2D eigenvalue weighted by atomic mass is 16.5. The molecule has 0 radical (unpaired) electrons. The molecular formula is C25H29NO8. The first-order valence-electron chi connectivity index (χ1n) is 11.4. The Kier molecular flexibility index (Phi) is 6.26. The number of carbonyl (C=O) groups is 3. The van der Waals surface area contributed by atoms with E-state index in [0.717, 1.165) is 30.1 Å². The third-order valence-electron chi connectivity index (χ3n) is 7.18. The van der Waals surface area contributed by atoms with E-state index in [1.807, 2.05) is 18.2 Å². The number of aliphatic hydroxyl groups is 1. The van der Waals surface area contributed by atoms with E-state index in [1.54, 1.807) is 6.07 Å². The molecule has 4 aliphatic rings. The lowest BCUT2D eigenvalue weighted by Crippen LogP contribution is -2.64. The molecule has 1 aromatic carbocycles. The molecule has 0 spiro atoms. The van der Waals surface area contributed by atoms with Crippen LogP contribution in [0.4, 0.5) is 0 Å². The molecule has 4 N–H and O–H groups in total. The lowest BCUT2D eigenvalue weighted by molar-refractivity contribution is -0.144. The number of Topliss-reactive ketones (excluding diaryl/α,β-unsaturated/α-hetero) is 1. The Balaban J connectivity index is 0.000000297. The molecule has 1 aliphatic heterocycles. The largest absolute Gasteiger partial charge is 0.504 e. The average molecular weight is 472 g/mol. The van der Waals surface area contributed by atoms with Gasteiger partial charge < -0.3 is 30.1 Å². The molecule has 1 aromatic rings. The van der Waals surface area contributed by atoms with Gasteiger partial charge in [-0.1, -0.05) is 18.2 Å². The van der Waals surface area contributed by atoms with Gasteiger partial charge in [-0.3, -0.25) is 4.79 Å². The van der Waals surface area contributed by atoms with Crippen LogP contribution in [-0.2, 0) is 19.8 Å². The summed E-state index contributed by atoms with van der Waals surface area (Å²) in [5.74, 6) is -1.26. The van der Waals surface area contributed by atoms with Crippen molar-refractivity contribution in [3.8, 4) is 11.5 Å². The van der Waals surface area contributed by atoms with Gasteiger partial charge in [0.05, 0.1) is 11.0 Å². The fourth-order valence-corrected chi connectivity index (χ4v) is 5.38. The van der Waals surface area contributed by atoms with Crippen LogP contribution in [0.2, 0.25) is 0 Å². The monoisotopic (exact) mass is 471 g/mol. The molecule has 0 unspecified atom stereocenters. The summed E-state index contributed by atoms with van der Waals surface area (Å²) in [6, 6.07) is 3.46. The molecule has 9 nitrogen and oxygen atoms in total. The number of benzene rings is 1. The number of hydrogen-bond acceptors (Lipinski definition) is 7. The topological polar surface area (TPSA) is 145 Å². The first-order valence-corrected chi connectivity index (χ1v) is 11.4. The van der Waals surface area contributed by atoms with Gasteiger partial charge in [0.15, 0.2) is 23.4 Å². The average Bonchev–Trinajstić information content (AvgIpc) is 3.51. The van der Waals surface area contributed by atoms with Crippen molar-refractivity contribution >= 4 is 23.8 Å². The highest BCUT2D eigenvalue weighted by molar-refractivity contribution is 5.91. The SMILES string of the molecule is CN(CC[C@]12c3c4ccc(O)c3O[C@H]1C(=O)CC[C@@]2(O)C=C4)CC1CC1.O=C(O)/C=C/C(=O)O. The summed E-state index contributed by atoms with van der Waals surface area (Å²) in [6.45, 7) is 1.85. The fraction of sp³-hybridized carbons (Fsp3) is 0.480. The number of carboxylic acids is 2. The summed E-state index contributed by atoms with van der Waals surface area (Å²) in [5, 5.41) is 37.6. The first-order chi connectivity index (χ1) is 16.1. The molecule has 0 bridgehead atoms. The van der Waals surface area contributed by atoms with Crippen LogP contribution < -0.4 is 4.74 Å². The number of hydrogen-bond donors (Lipinski definition) is 4. The first kappa shape index (κ1) is 24.0. The summed E-state index contributed by atoms with van der Waals surface area (Å²) < 4.78 is 6.02. The van der Waals surface area contributed by atoms with E-state index in [2.05, 4.69) is 11.9 Å². The molecule has 3 aliphatic carbocycles. The predicted molar refractivity (Wildman–Crippen MR) is 122 cm³/mol. The van der Waals surface area contributed by atoms with Crippen molar-refractivity contribution in [2.45, 2.75) is 49.2 Å². The Bertz CT molecular complexity index is 1060. The van der Waals surface area contributed by atoms with Gasteiger partial charge in [0.2, 0.25) is 0 Å². The molecule has 0 amide bonds. The van der Waals surface area contributed by atoms with E-state index in [1.165, 1.54) is 12.8 Å². The minimum atomic E-state index is -1.26.